The van der Waals surface area contributed by atoms with E-state index in [2.05, 4.69) is 16.4 Å². The third-order valence-electron chi connectivity index (χ3n) is 3.88. The normalized spacial score (nSPS) is 17.7. The first kappa shape index (κ1) is 13.8. The van der Waals surface area contributed by atoms with E-state index in [-0.39, 0.29) is 12.6 Å². The standard InChI is InChI=1S/C15H21N3O/c16-11-12-6-8-17-15(10-12)18-14(7-9-19)13-4-2-1-3-5-13/h6,8,10,13-14,19H,1-5,7,9H2,(H,17,18). The van der Waals surface area contributed by atoms with Crippen LogP contribution in [0.4, 0.5) is 5.82 Å². The maximum Gasteiger partial charge on any atom is 0.127 e. The molecule has 19 heavy (non-hydrogen) atoms. The monoisotopic (exact) mass is 259 g/mol. The molecule has 102 valence electrons. The minimum Gasteiger partial charge on any atom is -0.396 e. The minimum absolute atomic E-state index is 0.187. The number of aliphatic hydroxyl groups is 1. The van der Waals surface area contributed by atoms with Crippen molar-refractivity contribution >= 4 is 5.82 Å². The van der Waals surface area contributed by atoms with Gasteiger partial charge >= 0.3 is 0 Å². The predicted molar refractivity (Wildman–Crippen MR) is 74.6 cm³/mol. The second-order valence-corrected chi connectivity index (χ2v) is 5.20. The molecule has 1 atom stereocenters. The Kier molecular flexibility index (Phi) is 5.17. The van der Waals surface area contributed by atoms with Crippen LogP contribution >= 0.6 is 0 Å². The van der Waals surface area contributed by atoms with Crippen molar-refractivity contribution in [2.45, 2.75) is 44.6 Å². The Balaban J connectivity index is 2.04. The smallest absolute Gasteiger partial charge is 0.127 e. The van der Waals surface area contributed by atoms with Crippen LogP contribution in [0.5, 0.6) is 0 Å². The molecule has 0 aromatic carbocycles. The number of nitrogens with one attached hydrogen (secondary N) is 1. The zero-order chi connectivity index (χ0) is 13.5. The number of nitriles is 1. The summed E-state index contributed by atoms with van der Waals surface area (Å²) in [5.74, 6) is 1.34. The highest BCUT2D eigenvalue weighted by Crippen LogP contribution is 2.29. The summed E-state index contributed by atoms with van der Waals surface area (Å²) in [5.41, 5.74) is 0.615. The fraction of sp³-hybridized carbons (Fsp3) is 0.600. The highest BCUT2D eigenvalue weighted by Gasteiger charge is 2.23. The fourth-order valence-corrected chi connectivity index (χ4v) is 2.87. The molecular weight excluding hydrogens is 238 g/mol. The molecule has 0 aliphatic heterocycles. The molecule has 1 aromatic rings. The molecule has 1 aliphatic rings. The van der Waals surface area contributed by atoms with Gasteiger partial charge in [0.05, 0.1) is 11.6 Å². The van der Waals surface area contributed by atoms with Gasteiger partial charge in [0.15, 0.2) is 0 Å². The van der Waals surface area contributed by atoms with Gasteiger partial charge in [0, 0.05) is 18.8 Å². The Bertz CT molecular complexity index is 435. The van der Waals surface area contributed by atoms with Gasteiger partial charge in [-0.15, -0.1) is 0 Å². The van der Waals surface area contributed by atoms with Gasteiger partial charge < -0.3 is 10.4 Å². The Hall–Kier alpha value is -1.60. The SMILES string of the molecule is N#Cc1ccnc(NC(CCO)C2CCCCC2)c1. The fourth-order valence-electron chi connectivity index (χ4n) is 2.87. The van der Waals surface area contributed by atoms with Crippen LogP contribution in [0.25, 0.3) is 0 Å². The van der Waals surface area contributed by atoms with E-state index in [0.717, 1.165) is 12.2 Å². The highest BCUT2D eigenvalue weighted by molar-refractivity contribution is 5.43. The molecule has 1 saturated carbocycles. The largest absolute Gasteiger partial charge is 0.396 e. The van der Waals surface area contributed by atoms with Gasteiger partial charge in [0.2, 0.25) is 0 Å². The van der Waals surface area contributed by atoms with Crippen LogP contribution < -0.4 is 5.32 Å². The molecule has 1 heterocycles. The van der Waals surface area contributed by atoms with Crippen LogP contribution in [0.2, 0.25) is 0 Å². The summed E-state index contributed by atoms with van der Waals surface area (Å²) in [7, 11) is 0. The van der Waals surface area contributed by atoms with Crippen LogP contribution in [0.1, 0.15) is 44.1 Å². The number of aliphatic hydroxyl groups excluding tert-OH is 1. The third-order valence-corrected chi connectivity index (χ3v) is 3.88. The Morgan fingerprint density at radius 3 is 2.89 bits per heavy atom. The first-order valence-corrected chi connectivity index (χ1v) is 7.07. The zero-order valence-electron chi connectivity index (χ0n) is 11.2. The molecule has 1 aromatic heterocycles. The molecule has 4 heteroatoms. The summed E-state index contributed by atoms with van der Waals surface area (Å²) < 4.78 is 0. The minimum atomic E-state index is 0.187. The first-order valence-electron chi connectivity index (χ1n) is 7.07. The van der Waals surface area contributed by atoms with Crippen LogP contribution in [-0.4, -0.2) is 22.7 Å². The van der Waals surface area contributed by atoms with Gasteiger partial charge in [0.1, 0.15) is 5.82 Å². The van der Waals surface area contributed by atoms with E-state index >= 15 is 0 Å². The van der Waals surface area contributed by atoms with E-state index in [1.807, 2.05) is 0 Å². The Labute approximate surface area is 114 Å². The topological polar surface area (TPSA) is 68.9 Å². The lowest BCUT2D eigenvalue weighted by Gasteiger charge is -2.31. The van der Waals surface area contributed by atoms with Gasteiger partial charge in [-0.3, -0.25) is 0 Å². The molecule has 1 unspecified atom stereocenters. The van der Waals surface area contributed by atoms with Gasteiger partial charge in [-0.25, -0.2) is 4.98 Å². The summed E-state index contributed by atoms with van der Waals surface area (Å²) >= 11 is 0. The van der Waals surface area contributed by atoms with E-state index in [9.17, 15) is 5.11 Å². The van der Waals surface area contributed by atoms with Crippen molar-refractivity contribution < 1.29 is 5.11 Å². The summed E-state index contributed by atoms with van der Waals surface area (Å²) in [4.78, 5) is 4.26. The average Bonchev–Trinajstić information content (AvgIpc) is 2.48. The van der Waals surface area contributed by atoms with E-state index in [1.54, 1.807) is 18.3 Å². The number of nitrogens with zero attached hydrogens (tertiary/aromatic N) is 2. The molecule has 0 amide bonds. The highest BCUT2D eigenvalue weighted by atomic mass is 16.3. The summed E-state index contributed by atoms with van der Waals surface area (Å²) in [6.45, 7) is 0.187. The van der Waals surface area contributed by atoms with Crippen molar-refractivity contribution in [1.82, 2.24) is 4.98 Å². The van der Waals surface area contributed by atoms with Crippen molar-refractivity contribution in [3.63, 3.8) is 0 Å². The molecule has 1 fully saturated rings. The Morgan fingerprint density at radius 1 is 1.42 bits per heavy atom. The lowest BCUT2D eigenvalue weighted by molar-refractivity contribution is 0.239. The van der Waals surface area contributed by atoms with Crippen molar-refractivity contribution in [1.29, 1.82) is 5.26 Å². The number of rotatable bonds is 5. The number of hydrogen-bond donors (Lipinski definition) is 2. The number of pyridine rings is 1. The molecule has 2 rings (SSSR count). The number of aromatic nitrogens is 1. The van der Waals surface area contributed by atoms with Gasteiger partial charge in [-0.2, -0.15) is 5.26 Å². The average molecular weight is 259 g/mol. The third kappa shape index (κ3) is 3.93. The maximum atomic E-state index is 9.23. The zero-order valence-corrected chi connectivity index (χ0v) is 11.2. The molecule has 0 spiro atoms. The number of hydrogen-bond acceptors (Lipinski definition) is 4. The molecule has 0 bridgehead atoms. The molecular formula is C15H21N3O. The van der Waals surface area contributed by atoms with Crippen molar-refractivity contribution in [3.05, 3.63) is 23.9 Å². The quantitative estimate of drug-likeness (QED) is 0.853. The molecule has 1 aliphatic carbocycles. The summed E-state index contributed by atoms with van der Waals surface area (Å²) in [6, 6.07) is 5.85. The molecule has 4 nitrogen and oxygen atoms in total. The molecule has 0 saturated heterocycles. The first-order chi connectivity index (χ1) is 9.33. The van der Waals surface area contributed by atoms with Gasteiger partial charge in [-0.1, -0.05) is 19.3 Å². The number of anilines is 1. The summed E-state index contributed by atoms with van der Waals surface area (Å²) in [5, 5.41) is 21.5. The lowest BCUT2D eigenvalue weighted by atomic mass is 9.83. The summed E-state index contributed by atoms with van der Waals surface area (Å²) in [6.07, 6.45) is 8.70. The maximum absolute atomic E-state index is 9.23. The van der Waals surface area contributed by atoms with Gasteiger partial charge in [-0.05, 0) is 37.3 Å². The Morgan fingerprint density at radius 2 is 2.21 bits per heavy atom. The van der Waals surface area contributed by atoms with E-state index in [0.29, 0.717) is 11.5 Å². The van der Waals surface area contributed by atoms with Crippen LogP contribution in [0, 0.1) is 17.2 Å². The van der Waals surface area contributed by atoms with Gasteiger partial charge in [0.25, 0.3) is 0 Å². The van der Waals surface area contributed by atoms with E-state index in [4.69, 9.17) is 5.26 Å². The lowest BCUT2D eigenvalue weighted by Crippen LogP contribution is -2.32. The second-order valence-electron chi connectivity index (χ2n) is 5.20. The van der Waals surface area contributed by atoms with E-state index < -0.39 is 0 Å². The molecule has 0 radical (unpaired) electrons. The van der Waals surface area contributed by atoms with Crippen LogP contribution in [0.3, 0.4) is 0 Å². The van der Waals surface area contributed by atoms with E-state index in [1.165, 1.54) is 32.1 Å². The van der Waals surface area contributed by atoms with Crippen LogP contribution in [-0.2, 0) is 0 Å². The van der Waals surface area contributed by atoms with Crippen molar-refractivity contribution in [3.8, 4) is 6.07 Å². The van der Waals surface area contributed by atoms with Crippen molar-refractivity contribution in [2.24, 2.45) is 5.92 Å². The predicted octanol–water partition coefficient (Wildman–Crippen LogP) is 2.70. The van der Waals surface area contributed by atoms with Crippen molar-refractivity contribution in [2.75, 3.05) is 11.9 Å². The van der Waals surface area contributed by atoms with Crippen LogP contribution in [0.15, 0.2) is 18.3 Å². The molecule has 2 N–H and O–H groups in total. The second kappa shape index (κ2) is 7.10.